The molecular formula is C17H13BrFN3O3S. The molecule has 1 heterocycles. The number of anilines is 1. The van der Waals surface area contributed by atoms with Gasteiger partial charge in [0.25, 0.3) is 5.91 Å². The average molecular weight is 438 g/mol. The number of H-pyrrole nitrogens is 1. The highest BCUT2D eigenvalue weighted by Crippen LogP contribution is 2.25. The molecular weight excluding hydrogens is 425 g/mol. The van der Waals surface area contributed by atoms with Crippen LogP contribution in [0.1, 0.15) is 10.4 Å². The molecule has 0 aliphatic heterocycles. The second-order valence-electron chi connectivity index (χ2n) is 5.58. The van der Waals surface area contributed by atoms with Gasteiger partial charge in [0.05, 0.1) is 10.6 Å². The molecule has 134 valence electrons. The van der Waals surface area contributed by atoms with Crippen LogP contribution in [0.15, 0.2) is 57.9 Å². The van der Waals surface area contributed by atoms with Gasteiger partial charge in [-0.3, -0.25) is 9.89 Å². The van der Waals surface area contributed by atoms with Gasteiger partial charge in [0.1, 0.15) is 5.82 Å². The first-order valence-corrected chi connectivity index (χ1v) is 10.0. The molecule has 3 aromatic rings. The molecule has 3 rings (SSSR count). The number of amides is 1. The van der Waals surface area contributed by atoms with Crippen LogP contribution in [0.2, 0.25) is 0 Å². The number of nitrogens with zero attached hydrogens (tertiary/aromatic N) is 1. The van der Waals surface area contributed by atoms with E-state index in [2.05, 4.69) is 31.4 Å². The SMILES string of the molecule is CS(=O)(=O)c1cccc(C(=O)Nc2cc(-c3cc(F)cc(Br)c3)[nH]n2)c1. The highest BCUT2D eigenvalue weighted by Gasteiger charge is 2.13. The number of hydrogen-bond acceptors (Lipinski definition) is 4. The normalized spacial score (nSPS) is 11.3. The number of benzene rings is 2. The number of rotatable bonds is 4. The lowest BCUT2D eigenvalue weighted by molar-refractivity contribution is 0.102. The molecule has 0 bridgehead atoms. The first-order chi connectivity index (χ1) is 12.2. The van der Waals surface area contributed by atoms with Gasteiger partial charge in [-0.2, -0.15) is 5.10 Å². The maximum Gasteiger partial charge on any atom is 0.256 e. The number of aromatic amines is 1. The van der Waals surface area contributed by atoms with Crippen LogP contribution < -0.4 is 5.32 Å². The van der Waals surface area contributed by atoms with E-state index in [0.717, 1.165) is 6.26 Å². The monoisotopic (exact) mass is 437 g/mol. The minimum atomic E-state index is -3.41. The summed E-state index contributed by atoms with van der Waals surface area (Å²) in [5.41, 5.74) is 1.26. The molecule has 2 aromatic carbocycles. The maximum absolute atomic E-state index is 13.5. The minimum Gasteiger partial charge on any atom is -0.305 e. The van der Waals surface area contributed by atoms with Crippen molar-refractivity contribution < 1.29 is 17.6 Å². The van der Waals surface area contributed by atoms with E-state index in [1.807, 2.05) is 0 Å². The summed E-state index contributed by atoms with van der Waals surface area (Å²) in [7, 11) is -3.41. The van der Waals surface area contributed by atoms with Crippen molar-refractivity contribution in [1.82, 2.24) is 10.2 Å². The molecule has 9 heteroatoms. The zero-order valence-electron chi connectivity index (χ0n) is 13.5. The number of carbonyl (C=O) groups is 1. The Balaban J connectivity index is 1.82. The molecule has 0 aliphatic rings. The fourth-order valence-corrected chi connectivity index (χ4v) is 3.43. The Morgan fingerprint density at radius 3 is 2.65 bits per heavy atom. The van der Waals surface area contributed by atoms with Crippen molar-refractivity contribution >= 4 is 37.5 Å². The second kappa shape index (κ2) is 7.00. The van der Waals surface area contributed by atoms with E-state index in [4.69, 9.17) is 0 Å². The van der Waals surface area contributed by atoms with Crippen LogP contribution in [-0.2, 0) is 9.84 Å². The van der Waals surface area contributed by atoms with Crippen molar-refractivity contribution in [2.24, 2.45) is 0 Å². The summed E-state index contributed by atoms with van der Waals surface area (Å²) in [4.78, 5) is 12.4. The third kappa shape index (κ3) is 4.17. The molecule has 6 nitrogen and oxygen atoms in total. The van der Waals surface area contributed by atoms with E-state index in [9.17, 15) is 17.6 Å². The molecule has 1 amide bonds. The molecule has 0 radical (unpaired) electrons. The molecule has 1 aromatic heterocycles. The Labute approximate surface area is 157 Å². The predicted molar refractivity (Wildman–Crippen MR) is 99.2 cm³/mol. The maximum atomic E-state index is 13.5. The number of hydrogen-bond donors (Lipinski definition) is 2. The number of halogens is 2. The van der Waals surface area contributed by atoms with Crippen molar-refractivity contribution in [1.29, 1.82) is 0 Å². The van der Waals surface area contributed by atoms with Gasteiger partial charge >= 0.3 is 0 Å². The third-order valence-electron chi connectivity index (χ3n) is 3.52. The summed E-state index contributed by atoms with van der Waals surface area (Å²) in [5.74, 6) is -0.684. The highest BCUT2D eigenvalue weighted by molar-refractivity contribution is 9.10. The van der Waals surface area contributed by atoms with Crippen molar-refractivity contribution in [2.45, 2.75) is 4.90 Å². The number of carbonyl (C=O) groups excluding carboxylic acids is 1. The predicted octanol–water partition coefficient (Wildman–Crippen LogP) is 3.63. The Morgan fingerprint density at radius 1 is 1.19 bits per heavy atom. The number of sulfone groups is 1. The van der Waals surface area contributed by atoms with E-state index in [1.165, 1.54) is 36.4 Å². The fraction of sp³-hybridized carbons (Fsp3) is 0.0588. The number of nitrogens with one attached hydrogen (secondary N) is 2. The fourth-order valence-electron chi connectivity index (χ4n) is 2.30. The minimum absolute atomic E-state index is 0.0532. The second-order valence-corrected chi connectivity index (χ2v) is 8.51. The smallest absolute Gasteiger partial charge is 0.256 e. The molecule has 0 aliphatic carbocycles. The van der Waals surface area contributed by atoms with Gasteiger partial charge in [-0.15, -0.1) is 0 Å². The molecule has 2 N–H and O–H groups in total. The molecule has 0 saturated heterocycles. The summed E-state index contributed by atoms with van der Waals surface area (Å²) >= 11 is 3.22. The summed E-state index contributed by atoms with van der Waals surface area (Å²) in [6.07, 6.45) is 1.07. The van der Waals surface area contributed by atoms with Crippen molar-refractivity contribution in [3.8, 4) is 11.3 Å². The molecule has 0 atom stereocenters. The zero-order valence-corrected chi connectivity index (χ0v) is 15.9. The van der Waals surface area contributed by atoms with E-state index >= 15 is 0 Å². The van der Waals surface area contributed by atoms with Gasteiger partial charge in [0.2, 0.25) is 0 Å². The third-order valence-corrected chi connectivity index (χ3v) is 5.09. The van der Waals surface area contributed by atoms with E-state index in [0.29, 0.717) is 15.7 Å². The Hall–Kier alpha value is -2.52. The van der Waals surface area contributed by atoms with Crippen LogP contribution in [0.4, 0.5) is 10.2 Å². The Kier molecular flexibility index (Phi) is 4.92. The lowest BCUT2D eigenvalue weighted by atomic mass is 10.1. The van der Waals surface area contributed by atoms with Crippen LogP contribution in [0.25, 0.3) is 11.3 Å². The molecule has 26 heavy (non-hydrogen) atoms. The topological polar surface area (TPSA) is 91.9 Å². The first-order valence-electron chi connectivity index (χ1n) is 7.36. The quantitative estimate of drug-likeness (QED) is 0.651. The molecule has 0 unspecified atom stereocenters. The van der Waals surface area contributed by atoms with Crippen molar-refractivity contribution in [3.05, 3.63) is 64.4 Å². The van der Waals surface area contributed by atoms with Gasteiger partial charge in [0.15, 0.2) is 15.7 Å². The zero-order chi connectivity index (χ0) is 18.9. The summed E-state index contributed by atoms with van der Waals surface area (Å²) in [6, 6.07) is 11.6. The van der Waals surface area contributed by atoms with Crippen LogP contribution in [-0.4, -0.2) is 30.8 Å². The lowest BCUT2D eigenvalue weighted by Crippen LogP contribution is -2.13. The first kappa shape index (κ1) is 18.3. The average Bonchev–Trinajstić information content (AvgIpc) is 3.02. The highest BCUT2D eigenvalue weighted by atomic mass is 79.9. The van der Waals surface area contributed by atoms with Gasteiger partial charge in [0, 0.05) is 27.9 Å². The molecule has 0 spiro atoms. The van der Waals surface area contributed by atoms with Gasteiger partial charge in [-0.1, -0.05) is 22.0 Å². The van der Waals surface area contributed by atoms with Crippen molar-refractivity contribution in [2.75, 3.05) is 11.6 Å². The van der Waals surface area contributed by atoms with Gasteiger partial charge in [-0.25, -0.2) is 12.8 Å². The summed E-state index contributed by atoms with van der Waals surface area (Å²) in [5, 5.41) is 9.27. The standard InChI is InChI=1S/C17H13BrFN3O3S/c1-26(24,25)14-4-2-3-10(7-14)17(23)20-16-9-15(21-22-16)11-5-12(18)8-13(19)6-11/h2-9H,1H3,(H2,20,21,22,23). The Bertz CT molecular complexity index is 1080. The van der Waals surface area contributed by atoms with Crippen LogP contribution in [0.3, 0.4) is 0 Å². The van der Waals surface area contributed by atoms with Gasteiger partial charge < -0.3 is 5.32 Å². The largest absolute Gasteiger partial charge is 0.305 e. The summed E-state index contributed by atoms with van der Waals surface area (Å²) in [6.45, 7) is 0. The molecule has 0 saturated carbocycles. The lowest BCUT2D eigenvalue weighted by Gasteiger charge is -2.04. The van der Waals surface area contributed by atoms with Crippen LogP contribution in [0, 0.1) is 5.82 Å². The van der Waals surface area contributed by atoms with E-state index in [-0.39, 0.29) is 16.3 Å². The number of aromatic nitrogens is 2. The van der Waals surface area contributed by atoms with E-state index < -0.39 is 21.6 Å². The van der Waals surface area contributed by atoms with Gasteiger partial charge in [-0.05, 0) is 36.4 Å². The van der Waals surface area contributed by atoms with Crippen LogP contribution in [0.5, 0.6) is 0 Å². The van der Waals surface area contributed by atoms with E-state index in [1.54, 1.807) is 12.1 Å². The van der Waals surface area contributed by atoms with Crippen LogP contribution >= 0.6 is 15.9 Å². The molecule has 0 fully saturated rings. The summed E-state index contributed by atoms with van der Waals surface area (Å²) < 4.78 is 37.3. The Morgan fingerprint density at radius 2 is 1.96 bits per heavy atom. The van der Waals surface area contributed by atoms with Crippen molar-refractivity contribution in [3.63, 3.8) is 0 Å².